The number of hydrogen-bond acceptors (Lipinski definition) is 2. The van der Waals surface area contributed by atoms with Crippen LogP contribution in [-0.4, -0.2) is 19.1 Å². The summed E-state index contributed by atoms with van der Waals surface area (Å²) in [5.74, 6) is -1.05. The minimum absolute atomic E-state index is 0.145. The molecule has 0 radical (unpaired) electrons. The molecule has 1 aliphatic rings. The Hall–Kier alpha value is -1.94. The summed E-state index contributed by atoms with van der Waals surface area (Å²) < 4.78 is 27.1. The lowest BCUT2D eigenvalue weighted by Gasteiger charge is -2.40. The lowest BCUT2D eigenvalue weighted by Crippen LogP contribution is -2.51. The standard InChI is InChI=1S/C17H18F2N2/c1-12-10-20-16(13-5-3-2-4-6-13)11-21(12)17-8-7-14(18)9-15(17)19/h2-9,12,16,20H,10-11H2,1H3. The van der Waals surface area contributed by atoms with Gasteiger partial charge in [-0.05, 0) is 24.6 Å². The van der Waals surface area contributed by atoms with E-state index < -0.39 is 11.6 Å². The lowest BCUT2D eigenvalue weighted by atomic mass is 10.0. The van der Waals surface area contributed by atoms with Gasteiger partial charge < -0.3 is 10.2 Å². The van der Waals surface area contributed by atoms with Gasteiger partial charge in [-0.2, -0.15) is 0 Å². The molecule has 0 aliphatic carbocycles. The fraction of sp³-hybridized carbons (Fsp3) is 0.294. The molecule has 1 heterocycles. The molecule has 1 fully saturated rings. The van der Waals surface area contributed by atoms with E-state index in [1.165, 1.54) is 17.7 Å². The van der Waals surface area contributed by atoms with Crippen molar-refractivity contribution in [1.82, 2.24) is 5.32 Å². The van der Waals surface area contributed by atoms with Crippen molar-refractivity contribution in [3.05, 3.63) is 65.7 Å². The van der Waals surface area contributed by atoms with Crippen molar-refractivity contribution in [3.63, 3.8) is 0 Å². The van der Waals surface area contributed by atoms with Crippen LogP contribution in [0.5, 0.6) is 0 Å². The molecule has 2 atom stereocenters. The Morgan fingerprint density at radius 2 is 1.86 bits per heavy atom. The number of benzene rings is 2. The first-order valence-corrected chi connectivity index (χ1v) is 7.15. The molecule has 2 aromatic carbocycles. The molecule has 0 spiro atoms. The zero-order chi connectivity index (χ0) is 14.8. The minimum Gasteiger partial charge on any atom is -0.363 e. The zero-order valence-corrected chi connectivity index (χ0v) is 11.9. The average molecular weight is 288 g/mol. The molecule has 4 heteroatoms. The third-order valence-corrected chi connectivity index (χ3v) is 3.99. The summed E-state index contributed by atoms with van der Waals surface area (Å²) in [4.78, 5) is 2.00. The fourth-order valence-electron chi connectivity index (χ4n) is 2.82. The second-order valence-corrected chi connectivity index (χ2v) is 5.47. The van der Waals surface area contributed by atoms with Crippen LogP contribution in [0.4, 0.5) is 14.5 Å². The van der Waals surface area contributed by atoms with Crippen molar-refractivity contribution in [2.75, 3.05) is 18.0 Å². The van der Waals surface area contributed by atoms with Gasteiger partial charge in [-0.3, -0.25) is 0 Å². The van der Waals surface area contributed by atoms with E-state index >= 15 is 0 Å². The van der Waals surface area contributed by atoms with Gasteiger partial charge in [-0.15, -0.1) is 0 Å². The molecule has 110 valence electrons. The number of piperazine rings is 1. The van der Waals surface area contributed by atoms with Gasteiger partial charge in [0.25, 0.3) is 0 Å². The van der Waals surface area contributed by atoms with E-state index in [-0.39, 0.29) is 12.1 Å². The maximum Gasteiger partial charge on any atom is 0.149 e. The first-order valence-electron chi connectivity index (χ1n) is 7.15. The molecule has 2 aromatic rings. The first-order chi connectivity index (χ1) is 10.1. The first kappa shape index (κ1) is 14.0. The molecule has 1 N–H and O–H groups in total. The van der Waals surface area contributed by atoms with Crippen LogP contribution in [0, 0.1) is 11.6 Å². The normalized spacial score (nSPS) is 22.3. The van der Waals surface area contributed by atoms with Gasteiger partial charge in [-0.1, -0.05) is 30.3 Å². The molecule has 0 bridgehead atoms. The molecule has 1 saturated heterocycles. The Morgan fingerprint density at radius 3 is 2.57 bits per heavy atom. The Balaban J connectivity index is 1.87. The van der Waals surface area contributed by atoms with Crippen LogP contribution in [0.2, 0.25) is 0 Å². The number of rotatable bonds is 2. The van der Waals surface area contributed by atoms with Crippen molar-refractivity contribution in [1.29, 1.82) is 0 Å². The van der Waals surface area contributed by atoms with Crippen molar-refractivity contribution in [2.45, 2.75) is 19.0 Å². The molecular formula is C17H18F2N2. The molecule has 3 rings (SSSR count). The van der Waals surface area contributed by atoms with Gasteiger partial charge in [0.2, 0.25) is 0 Å². The maximum atomic E-state index is 14.0. The summed E-state index contributed by atoms with van der Waals surface area (Å²) in [6, 6.07) is 14.2. The average Bonchev–Trinajstić information content (AvgIpc) is 2.49. The molecular weight excluding hydrogens is 270 g/mol. The van der Waals surface area contributed by atoms with E-state index in [0.29, 0.717) is 12.2 Å². The topological polar surface area (TPSA) is 15.3 Å². The molecule has 0 aromatic heterocycles. The van der Waals surface area contributed by atoms with Gasteiger partial charge in [-0.25, -0.2) is 8.78 Å². The van der Waals surface area contributed by atoms with E-state index in [9.17, 15) is 8.78 Å². The van der Waals surface area contributed by atoms with Crippen molar-refractivity contribution < 1.29 is 8.78 Å². The Labute approximate surface area is 123 Å². The van der Waals surface area contributed by atoms with Gasteiger partial charge in [0, 0.05) is 31.2 Å². The summed E-state index contributed by atoms with van der Waals surface area (Å²) in [5.41, 5.74) is 1.64. The number of halogens is 2. The Kier molecular flexibility index (Phi) is 3.88. The molecule has 21 heavy (non-hydrogen) atoms. The number of hydrogen-bond donors (Lipinski definition) is 1. The molecule has 0 saturated carbocycles. The maximum absolute atomic E-state index is 14.0. The molecule has 0 amide bonds. The van der Waals surface area contributed by atoms with Gasteiger partial charge in [0.1, 0.15) is 11.6 Å². The summed E-state index contributed by atoms with van der Waals surface area (Å²) in [6.07, 6.45) is 0. The van der Waals surface area contributed by atoms with Crippen molar-refractivity contribution in [2.24, 2.45) is 0 Å². The highest BCUT2D eigenvalue weighted by atomic mass is 19.1. The van der Waals surface area contributed by atoms with Crippen LogP contribution in [0.3, 0.4) is 0 Å². The van der Waals surface area contributed by atoms with Crippen molar-refractivity contribution in [3.8, 4) is 0 Å². The number of anilines is 1. The SMILES string of the molecule is CC1CNC(c2ccccc2)CN1c1ccc(F)cc1F. The summed E-state index contributed by atoms with van der Waals surface area (Å²) in [5, 5.41) is 3.48. The second-order valence-electron chi connectivity index (χ2n) is 5.47. The highest BCUT2D eigenvalue weighted by molar-refractivity contribution is 5.50. The lowest BCUT2D eigenvalue weighted by molar-refractivity contribution is 0.409. The molecule has 2 nitrogen and oxygen atoms in total. The van der Waals surface area contributed by atoms with E-state index in [2.05, 4.69) is 17.4 Å². The van der Waals surface area contributed by atoms with Crippen LogP contribution in [0.1, 0.15) is 18.5 Å². The Bertz CT molecular complexity index is 615. The summed E-state index contributed by atoms with van der Waals surface area (Å²) >= 11 is 0. The minimum atomic E-state index is -0.543. The van der Waals surface area contributed by atoms with Crippen LogP contribution in [0.15, 0.2) is 48.5 Å². The third kappa shape index (κ3) is 2.90. The largest absolute Gasteiger partial charge is 0.363 e. The van der Waals surface area contributed by atoms with E-state index in [0.717, 1.165) is 12.6 Å². The fourth-order valence-corrected chi connectivity index (χ4v) is 2.82. The number of nitrogens with zero attached hydrogens (tertiary/aromatic N) is 1. The summed E-state index contributed by atoms with van der Waals surface area (Å²) in [7, 11) is 0. The highest BCUT2D eigenvalue weighted by Gasteiger charge is 2.27. The van der Waals surface area contributed by atoms with Crippen LogP contribution >= 0.6 is 0 Å². The smallest absolute Gasteiger partial charge is 0.149 e. The van der Waals surface area contributed by atoms with Crippen molar-refractivity contribution >= 4 is 5.69 Å². The Morgan fingerprint density at radius 1 is 1.10 bits per heavy atom. The highest BCUT2D eigenvalue weighted by Crippen LogP contribution is 2.28. The van der Waals surface area contributed by atoms with E-state index in [1.807, 2.05) is 30.0 Å². The molecule has 1 aliphatic heterocycles. The third-order valence-electron chi connectivity index (χ3n) is 3.99. The van der Waals surface area contributed by atoms with Crippen LogP contribution in [-0.2, 0) is 0 Å². The van der Waals surface area contributed by atoms with Gasteiger partial charge in [0.15, 0.2) is 0 Å². The predicted molar refractivity (Wildman–Crippen MR) is 80.4 cm³/mol. The van der Waals surface area contributed by atoms with Gasteiger partial charge in [0.05, 0.1) is 5.69 Å². The van der Waals surface area contributed by atoms with E-state index in [1.54, 1.807) is 0 Å². The zero-order valence-electron chi connectivity index (χ0n) is 11.9. The molecule has 2 unspecified atom stereocenters. The quantitative estimate of drug-likeness (QED) is 0.910. The monoisotopic (exact) mass is 288 g/mol. The predicted octanol–water partition coefficient (Wildman–Crippen LogP) is 3.50. The summed E-state index contributed by atoms with van der Waals surface area (Å²) in [6.45, 7) is 3.46. The number of nitrogens with one attached hydrogen (secondary N) is 1. The van der Waals surface area contributed by atoms with Crippen LogP contribution in [0.25, 0.3) is 0 Å². The second kappa shape index (κ2) is 5.82. The van der Waals surface area contributed by atoms with E-state index in [4.69, 9.17) is 0 Å². The van der Waals surface area contributed by atoms with Crippen LogP contribution < -0.4 is 10.2 Å². The van der Waals surface area contributed by atoms with Gasteiger partial charge >= 0.3 is 0 Å².